The minimum Gasteiger partial charge on any atom is -0.481 e. The second-order valence-electron chi connectivity index (χ2n) is 5.72. The SMILES string of the molecule is O=C(O)CCCN1CNc2c(ncn2[C@H]2CC[C@@H](CO)O2)C1=O. The van der Waals surface area contributed by atoms with Crippen LogP contribution in [-0.4, -0.2) is 62.5 Å². The molecule has 1 aromatic heterocycles. The summed E-state index contributed by atoms with van der Waals surface area (Å²) in [5, 5.41) is 21.0. The molecule has 0 spiro atoms. The number of aromatic nitrogens is 2. The van der Waals surface area contributed by atoms with E-state index in [2.05, 4.69) is 10.3 Å². The molecule has 2 atom stereocenters. The van der Waals surface area contributed by atoms with Crippen LogP contribution in [0.4, 0.5) is 5.82 Å². The zero-order valence-corrected chi connectivity index (χ0v) is 12.6. The summed E-state index contributed by atoms with van der Waals surface area (Å²) >= 11 is 0. The smallest absolute Gasteiger partial charge is 0.303 e. The Bertz CT molecular complexity index is 602. The summed E-state index contributed by atoms with van der Waals surface area (Å²) in [6, 6.07) is 0. The van der Waals surface area contributed by atoms with Crippen LogP contribution >= 0.6 is 0 Å². The van der Waals surface area contributed by atoms with Gasteiger partial charge in [0.2, 0.25) is 0 Å². The Morgan fingerprint density at radius 2 is 2.30 bits per heavy atom. The fraction of sp³-hybridized carbons (Fsp3) is 0.643. The topological polar surface area (TPSA) is 117 Å². The van der Waals surface area contributed by atoms with E-state index in [9.17, 15) is 9.59 Å². The third-order valence-electron chi connectivity index (χ3n) is 4.14. The van der Waals surface area contributed by atoms with Crippen LogP contribution in [0.25, 0.3) is 0 Å². The highest BCUT2D eigenvalue weighted by molar-refractivity contribution is 5.98. The van der Waals surface area contributed by atoms with Gasteiger partial charge < -0.3 is 25.2 Å². The monoisotopic (exact) mass is 324 g/mol. The van der Waals surface area contributed by atoms with E-state index in [4.69, 9.17) is 14.9 Å². The molecule has 3 N–H and O–H groups in total. The van der Waals surface area contributed by atoms with E-state index < -0.39 is 5.97 Å². The Morgan fingerprint density at radius 3 is 3.00 bits per heavy atom. The molecule has 0 saturated carbocycles. The molecule has 23 heavy (non-hydrogen) atoms. The van der Waals surface area contributed by atoms with Crippen LogP contribution in [0.3, 0.4) is 0 Å². The fourth-order valence-electron chi connectivity index (χ4n) is 2.93. The lowest BCUT2D eigenvalue weighted by Crippen LogP contribution is -2.41. The highest BCUT2D eigenvalue weighted by Crippen LogP contribution is 2.33. The van der Waals surface area contributed by atoms with Crippen molar-refractivity contribution >= 4 is 17.7 Å². The van der Waals surface area contributed by atoms with Crippen LogP contribution in [0.1, 0.15) is 42.4 Å². The van der Waals surface area contributed by atoms with E-state index in [1.165, 1.54) is 0 Å². The van der Waals surface area contributed by atoms with Crippen LogP contribution in [0, 0.1) is 0 Å². The van der Waals surface area contributed by atoms with Gasteiger partial charge in [-0.25, -0.2) is 4.98 Å². The van der Waals surface area contributed by atoms with Gasteiger partial charge in [-0.3, -0.25) is 14.2 Å². The molecule has 1 amide bonds. The number of amides is 1. The standard InChI is InChI=1S/C14H20N4O5/c19-6-9-3-4-10(23-9)18-8-15-12-13(18)16-7-17(14(12)22)5-1-2-11(20)21/h8-10,16,19H,1-7H2,(H,20,21)/t9-,10+/m0/s1. The molecule has 9 heteroatoms. The number of aliphatic hydroxyl groups is 1. The summed E-state index contributed by atoms with van der Waals surface area (Å²) in [6.45, 7) is 0.668. The third-order valence-corrected chi connectivity index (χ3v) is 4.14. The highest BCUT2D eigenvalue weighted by atomic mass is 16.5. The number of anilines is 1. The zero-order chi connectivity index (χ0) is 16.4. The third kappa shape index (κ3) is 3.15. The normalized spacial score (nSPS) is 23.7. The van der Waals surface area contributed by atoms with E-state index in [0.29, 0.717) is 31.1 Å². The molecule has 0 unspecified atom stereocenters. The molecule has 126 valence electrons. The maximum Gasteiger partial charge on any atom is 0.303 e. The minimum atomic E-state index is -0.871. The van der Waals surface area contributed by atoms with Gasteiger partial charge in [-0.1, -0.05) is 0 Å². The van der Waals surface area contributed by atoms with Crippen molar-refractivity contribution in [1.82, 2.24) is 14.5 Å². The maximum atomic E-state index is 12.4. The molecule has 1 aromatic rings. The number of nitrogens with one attached hydrogen (secondary N) is 1. The van der Waals surface area contributed by atoms with Crippen molar-refractivity contribution in [3.63, 3.8) is 0 Å². The van der Waals surface area contributed by atoms with Gasteiger partial charge in [0.25, 0.3) is 5.91 Å². The van der Waals surface area contributed by atoms with Gasteiger partial charge in [-0.15, -0.1) is 0 Å². The Hall–Kier alpha value is -2.13. The number of rotatable bonds is 6. The Balaban J connectivity index is 1.68. The van der Waals surface area contributed by atoms with Gasteiger partial charge >= 0.3 is 5.97 Å². The summed E-state index contributed by atoms with van der Waals surface area (Å²) in [4.78, 5) is 28.7. The lowest BCUT2D eigenvalue weighted by Gasteiger charge is -2.28. The van der Waals surface area contributed by atoms with Crippen LogP contribution < -0.4 is 5.32 Å². The first kappa shape index (κ1) is 15.8. The molecular weight excluding hydrogens is 304 g/mol. The lowest BCUT2D eigenvalue weighted by atomic mass is 10.2. The lowest BCUT2D eigenvalue weighted by molar-refractivity contribution is -0.137. The average Bonchev–Trinajstić information content (AvgIpc) is 3.15. The molecule has 3 rings (SSSR count). The van der Waals surface area contributed by atoms with Gasteiger partial charge in [0, 0.05) is 13.0 Å². The fourth-order valence-corrected chi connectivity index (χ4v) is 2.93. The number of carboxylic acid groups (broad SMARTS) is 1. The van der Waals surface area contributed by atoms with E-state index >= 15 is 0 Å². The number of carbonyl (C=O) groups excluding carboxylic acids is 1. The quantitative estimate of drug-likeness (QED) is 0.686. The number of hydrogen-bond acceptors (Lipinski definition) is 6. The number of imidazole rings is 1. The van der Waals surface area contributed by atoms with Crippen molar-refractivity contribution < 1.29 is 24.5 Å². The summed E-state index contributed by atoms with van der Waals surface area (Å²) in [7, 11) is 0. The molecule has 1 saturated heterocycles. The van der Waals surface area contributed by atoms with Gasteiger partial charge in [-0.05, 0) is 19.3 Å². The number of ether oxygens (including phenoxy) is 1. The minimum absolute atomic E-state index is 0.0168. The number of carboxylic acids is 1. The summed E-state index contributed by atoms with van der Waals surface area (Å²) in [5.41, 5.74) is 0.322. The molecule has 9 nitrogen and oxygen atoms in total. The van der Waals surface area contributed by atoms with Gasteiger partial charge in [0.05, 0.1) is 25.7 Å². The van der Waals surface area contributed by atoms with Crippen LogP contribution in [0.5, 0.6) is 0 Å². The van der Waals surface area contributed by atoms with Gasteiger partial charge in [-0.2, -0.15) is 0 Å². The predicted octanol–water partition coefficient (Wildman–Crippen LogP) is 0.243. The molecule has 1 fully saturated rings. The molecule has 3 heterocycles. The van der Waals surface area contributed by atoms with Gasteiger partial charge in [0.15, 0.2) is 5.69 Å². The maximum absolute atomic E-state index is 12.4. The second-order valence-corrected chi connectivity index (χ2v) is 5.72. The van der Waals surface area contributed by atoms with Crippen molar-refractivity contribution in [2.24, 2.45) is 0 Å². The molecule has 0 radical (unpaired) electrons. The van der Waals surface area contributed by atoms with Crippen molar-refractivity contribution in [1.29, 1.82) is 0 Å². The zero-order valence-electron chi connectivity index (χ0n) is 12.6. The first-order valence-corrected chi connectivity index (χ1v) is 7.68. The van der Waals surface area contributed by atoms with Gasteiger partial charge in [0.1, 0.15) is 12.0 Å². The molecule has 0 aliphatic carbocycles. The number of aliphatic carboxylic acids is 1. The van der Waals surface area contributed by atoms with Crippen molar-refractivity contribution in [2.75, 3.05) is 25.1 Å². The number of aliphatic hydroxyl groups excluding tert-OH is 1. The highest BCUT2D eigenvalue weighted by Gasteiger charge is 2.33. The van der Waals surface area contributed by atoms with Crippen LogP contribution in [0.2, 0.25) is 0 Å². The Morgan fingerprint density at radius 1 is 1.48 bits per heavy atom. The van der Waals surface area contributed by atoms with Crippen LogP contribution in [0.15, 0.2) is 6.33 Å². The Kier molecular flexibility index (Phi) is 4.49. The number of carbonyl (C=O) groups is 2. The molecule has 0 bridgehead atoms. The summed E-state index contributed by atoms with van der Waals surface area (Å²) in [6.07, 6.45) is 3.12. The Labute approximate surface area is 132 Å². The predicted molar refractivity (Wildman–Crippen MR) is 78.9 cm³/mol. The average molecular weight is 324 g/mol. The first-order chi connectivity index (χ1) is 11.1. The molecule has 0 aromatic carbocycles. The van der Waals surface area contributed by atoms with E-state index in [-0.39, 0.29) is 31.3 Å². The van der Waals surface area contributed by atoms with Crippen LogP contribution in [-0.2, 0) is 9.53 Å². The van der Waals surface area contributed by atoms with Crippen molar-refractivity contribution in [3.8, 4) is 0 Å². The molecular formula is C14H20N4O5. The molecule has 2 aliphatic rings. The van der Waals surface area contributed by atoms with Crippen molar-refractivity contribution in [3.05, 3.63) is 12.0 Å². The first-order valence-electron chi connectivity index (χ1n) is 7.68. The van der Waals surface area contributed by atoms with Crippen molar-refractivity contribution in [2.45, 2.75) is 38.0 Å². The second kappa shape index (κ2) is 6.55. The van der Waals surface area contributed by atoms with E-state index in [0.717, 1.165) is 12.8 Å². The largest absolute Gasteiger partial charge is 0.481 e. The summed E-state index contributed by atoms with van der Waals surface area (Å²) < 4.78 is 7.51. The number of hydrogen-bond donors (Lipinski definition) is 3. The number of fused-ring (bicyclic) bond motifs is 1. The summed E-state index contributed by atoms with van der Waals surface area (Å²) in [5.74, 6) is -0.461. The number of nitrogens with zero attached hydrogens (tertiary/aromatic N) is 3. The molecule has 2 aliphatic heterocycles. The van der Waals surface area contributed by atoms with E-state index in [1.54, 1.807) is 15.8 Å². The van der Waals surface area contributed by atoms with E-state index in [1.807, 2.05) is 0 Å².